The van der Waals surface area contributed by atoms with E-state index in [0.717, 1.165) is 0 Å². The average Bonchev–Trinajstić information content (AvgIpc) is 1.69. The predicted octanol–water partition coefficient (Wildman–Crippen LogP) is -4.11. The molecule has 13 amide bonds. The number of primary amides is 3. The number of aliphatic hydroxyl groups excluding tert-OH is 1. The highest BCUT2D eigenvalue weighted by atomic mass is 16.3. The van der Waals surface area contributed by atoms with Gasteiger partial charge >= 0.3 is 6.03 Å². The first-order chi connectivity index (χ1) is 44.7. The van der Waals surface area contributed by atoms with Gasteiger partial charge in [-0.3, -0.25) is 63.2 Å². The Bertz CT molecular complexity index is 3480. The third kappa shape index (κ3) is 24.6. The fourth-order valence-corrected chi connectivity index (χ4v) is 9.64. The number of phenols is 1. The highest BCUT2D eigenvalue weighted by molar-refractivity contribution is 6.00. The molecule has 94 heavy (non-hydrogen) atoms. The lowest BCUT2D eigenvalue weighted by atomic mass is 10.0. The van der Waals surface area contributed by atoms with Crippen LogP contribution < -0.4 is 87.8 Å². The maximum absolute atomic E-state index is 14.4. The van der Waals surface area contributed by atoms with Crippen LogP contribution >= 0.6 is 0 Å². The highest BCUT2D eigenvalue weighted by Gasteiger charge is 2.36. The number of aromatic hydroxyl groups is 1. The summed E-state index contributed by atoms with van der Waals surface area (Å²) < 4.78 is 0. The molecule has 1 aromatic heterocycles. The number of nitrogens with one attached hydrogen (secondary N) is 11. The molecule has 0 bridgehead atoms. The van der Waals surface area contributed by atoms with Crippen molar-refractivity contribution in [1.82, 2.24) is 58.4 Å². The number of aromatic nitrogens is 1. The normalized spacial score (nSPS) is 13.8. The van der Waals surface area contributed by atoms with Gasteiger partial charge in [-0.05, 0) is 72.1 Å². The van der Waals surface area contributed by atoms with Gasteiger partial charge in [0.2, 0.25) is 59.1 Å². The van der Waals surface area contributed by atoms with Gasteiger partial charge in [0, 0.05) is 42.9 Å². The number of hydrogen-bond acceptors (Lipinski definition) is 16. The van der Waals surface area contributed by atoms with E-state index in [0.29, 0.717) is 33.2 Å². The van der Waals surface area contributed by atoms with Gasteiger partial charge in [0.25, 0.3) is 5.91 Å². The first-order valence-electron chi connectivity index (χ1n) is 29.9. The summed E-state index contributed by atoms with van der Waals surface area (Å²) in [5.74, 6) is -11.8. The largest absolute Gasteiger partial charge is 0.508 e. The minimum Gasteiger partial charge on any atom is -0.508 e. The Balaban J connectivity index is 1.30. The summed E-state index contributed by atoms with van der Waals surface area (Å²) in [5.41, 5.74) is 40.9. The maximum Gasteiger partial charge on any atom is 0.334 e. The molecule has 32 heteroatoms. The molecular formula is C62H82N18O14. The summed E-state index contributed by atoms with van der Waals surface area (Å²) in [7, 11) is 0. The van der Waals surface area contributed by atoms with E-state index < -0.39 is 145 Å². The summed E-state index contributed by atoms with van der Waals surface area (Å²) >= 11 is 0. The quantitative estimate of drug-likeness (QED) is 0.00784. The van der Waals surface area contributed by atoms with E-state index in [2.05, 4.69) is 63.4 Å². The number of benzene rings is 4. The van der Waals surface area contributed by atoms with Crippen molar-refractivity contribution in [2.45, 2.75) is 126 Å². The zero-order chi connectivity index (χ0) is 69.0. The number of H-pyrrole nitrogens is 1. The maximum atomic E-state index is 14.4. The van der Waals surface area contributed by atoms with Crippen LogP contribution in [-0.4, -0.2) is 160 Å². The van der Waals surface area contributed by atoms with E-state index in [-0.39, 0.29) is 69.1 Å². The van der Waals surface area contributed by atoms with Crippen molar-refractivity contribution in [1.29, 1.82) is 0 Å². The van der Waals surface area contributed by atoms with Crippen LogP contribution in [0.5, 0.6) is 5.75 Å². The fraction of sp³-hybridized carbons (Fsp3) is 0.371. The summed E-state index contributed by atoms with van der Waals surface area (Å²) in [4.78, 5) is 170. The number of nitrogens with zero attached hydrogens (tertiary/aromatic N) is 1. The number of hydrogen-bond donors (Lipinski definition) is 19. The third-order valence-electron chi connectivity index (χ3n) is 14.4. The summed E-state index contributed by atoms with van der Waals surface area (Å²) in [6, 6.07) is 14.5. The minimum absolute atomic E-state index is 0.00144. The Hall–Kier alpha value is -11.2. The monoisotopic (exact) mass is 1300 g/mol. The van der Waals surface area contributed by atoms with E-state index in [1.807, 2.05) is 0 Å². The number of carbonyl (C=O) groups is 12. The second kappa shape index (κ2) is 36.6. The average molecular weight is 1300 g/mol. The number of aromatic amines is 1. The van der Waals surface area contributed by atoms with Gasteiger partial charge in [-0.15, -0.1) is 0 Å². The molecule has 0 unspecified atom stereocenters. The van der Waals surface area contributed by atoms with Gasteiger partial charge in [-0.2, -0.15) is 0 Å². The van der Waals surface area contributed by atoms with Gasteiger partial charge < -0.3 is 92.1 Å². The smallest absolute Gasteiger partial charge is 0.334 e. The van der Waals surface area contributed by atoms with Crippen LogP contribution in [0.2, 0.25) is 0 Å². The first kappa shape index (κ1) is 73.6. The number of amides is 13. The molecule has 5 aromatic rings. The molecule has 4 aromatic carbocycles. The molecule has 504 valence electrons. The van der Waals surface area contributed by atoms with Crippen molar-refractivity contribution in [3.63, 3.8) is 0 Å². The van der Waals surface area contributed by atoms with Crippen LogP contribution in [0, 0.1) is 5.92 Å². The van der Waals surface area contributed by atoms with E-state index in [1.54, 1.807) is 105 Å². The third-order valence-corrected chi connectivity index (χ3v) is 14.4. The zero-order valence-corrected chi connectivity index (χ0v) is 51.7. The van der Waals surface area contributed by atoms with Crippen LogP contribution in [0.25, 0.3) is 10.9 Å². The van der Waals surface area contributed by atoms with Gasteiger partial charge in [0.15, 0.2) is 5.96 Å². The number of urea groups is 1. The molecule has 0 saturated heterocycles. The van der Waals surface area contributed by atoms with Crippen LogP contribution in [-0.2, 0) is 78.4 Å². The molecule has 5 rings (SSSR count). The Kier molecular flexibility index (Phi) is 28.7. The van der Waals surface area contributed by atoms with Crippen molar-refractivity contribution in [2.24, 2.45) is 45.3 Å². The van der Waals surface area contributed by atoms with Crippen LogP contribution in [0.15, 0.2) is 120 Å². The predicted molar refractivity (Wildman–Crippen MR) is 342 cm³/mol. The van der Waals surface area contributed by atoms with Gasteiger partial charge in [-0.1, -0.05) is 105 Å². The summed E-state index contributed by atoms with van der Waals surface area (Å²) in [6.07, 6.45) is -0.597. The molecule has 0 aliphatic carbocycles. The molecule has 25 N–H and O–H groups in total. The Morgan fingerprint density at radius 1 is 0.479 bits per heavy atom. The van der Waals surface area contributed by atoms with Gasteiger partial charge in [0.05, 0.1) is 25.5 Å². The lowest BCUT2D eigenvalue weighted by Gasteiger charge is -2.27. The lowest BCUT2D eigenvalue weighted by molar-refractivity contribution is -0.136. The fourth-order valence-electron chi connectivity index (χ4n) is 9.64. The van der Waals surface area contributed by atoms with Gasteiger partial charge in [0.1, 0.15) is 54.1 Å². The molecule has 0 spiro atoms. The molecule has 9 atom stereocenters. The van der Waals surface area contributed by atoms with E-state index in [9.17, 15) is 67.7 Å². The molecule has 0 aliphatic rings. The number of carbonyl (C=O) groups excluding carboxylic acids is 12. The Morgan fingerprint density at radius 2 is 0.936 bits per heavy atom. The first-order valence-corrected chi connectivity index (χ1v) is 29.9. The number of nitrogens with two attached hydrogens (primary N) is 6. The number of guanidine groups is 1. The second-order valence-corrected chi connectivity index (χ2v) is 22.5. The molecule has 0 aliphatic heterocycles. The standard InChI is InChI=1S/C62H82N18O14/c1-33(2)24-44(55(88)71-42(18-11-23-69-61(67)68)54(87)72-43(52(66)85)26-34-12-5-3-6-13-34)78-62(94)80-79-60(93)45(27-35-14-7-4-8-15-35)74-59(92)49(32-81)77-58(91)48(30-51(65)84)76-56(89)46(28-37-31-70-41-17-10-9-16-39(37)41)75-57(90)47(29-50(64)83)73-53(86)40(63)25-36-19-21-38(82)22-20-36/h3-10,12-17,19-22,31,33,40,42-49,70,81-82H,11,18,23-30,32,63H2,1-2H3,(H2,64,83)(H2,65,84)(H2,66,85)(H,71,88)(H,72,87)(H,73,86)(H,74,92)(H,75,90)(H,76,89)(H,77,91)(H,79,93)(H4,67,68,69)(H2,78,80,94)/t40-,42-,43-,44-,45-,46-,47-,48-,49-/m0/s1. The molecule has 0 radical (unpaired) electrons. The van der Waals surface area contributed by atoms with Crippen molar-refractivity contribution in [3.05, 3.63) is 138 Å². The van der Waals surface area contributed by atoms with E-state index in [1.165, 1.54) is 24.3 Å². The minimum atomic E-state index is -1.92. The summed E-state index contributed by atoms with van der Waals surface area (Å²) in [5, 5.41) is 40.4. The zero-order valence-electron chi connectivity index (χ0n) is 51.7. The van der Waals surface area contributed by atoms with Crippen molar-refractivity contribution in [2.75, 3.05) is 13.2 Å². The number of para-hydroxylation sites is 1. The molecule has 0 fully saturated rings. The van der Waals surface area contributed by atoms with Crippen LogP contribution in [0.4, 0.5) is 4.79 Å². The van der Waals surface area contributed by atoms with Crippen LogP contribution in [0.3, 0.4) is 0 Å². The van der Waals surface area contributed by atoms with Gasteiger partial charge in [-0.25, -0.2) is 10.2 Å². The molecule has 0 saturated carbocycles. The van der Waals surface area contributed by atoms with E-state index in [4.69, 9.17) is 34.4 Å². The second-order valence-electron chi connectivity index (χ2n) is 22.5. The SMILES string of the molecule is CC(C)C[C@H](NC(=O)NNC(=O)[C@H](Cc1ccccc1)NC(=O)[C@H](CO)NC(=O)[C@H](CC(N)=O)NC(=O)[C@H](Cc1c[nH]c2ccccc12)NC(=O)[C@H](CC(N)=O)NC(=O)[C@@H](N)Cc1ccc(O)cc1)C(=O)N[C@@H](CCCN=C(N)N)C(=O)N[C@@H](Cc1ccccc1)C(N)=O. The molecule has 32 nitrogen and oxygen atoms in total. The molecule has 1 heterocycles. The van der Waals surface area contributed by atoms with Crippen molar-refractivity contribution >= 4 is 87.9 Å². The Labute approximate surface area is 540 Å². The lowest BCUT2D eigenvalue weighted by Crippen LogP contribution is -2.62. The van der Waals surface area contributed by atoms with Crippen molar-refractivity contribution in [3.8, 4) is 5.75 Å². The number of aliphatic imine (C=N–C) groups is 1. The van der Waals surface area contributed by atoms with E-state index >= 15 is 0 Å². The number of rotatable bonds is 36. The van der Waals surface area contributed by atoms with Crippen LogP contribution in [0.1, 0.15) is 68.2 Å². The molecular weight excluding hydrogens is 1220 g/mol. The number of fused-ring (bicyclic) bond motifs is 1. The number of phenolic OH excluding ortho intramolecular Hbond substituents is 1. The topological polar surface area (TPSA) is 550 Å². The highest BCUT2D eigenvalue weighted by Crippen LogP contribution is 2.20. The number of hydrazine groups is 1. The Morgan fingerprint density at radius 3 is 1.49 bits per heavy atom. The summed E-state index contributed by atoms with van der Waals surface area (Å²) in [6.45, 7) is 2.42. The number of aliphatic hydroxyl groups is 1. The van der Waals surface area contributed by atoms with Crippen molar-refractivity contribution < 1.29 is 67.7 Å².